The summed E-state index contributed by atoms with van der Waals surface area (Å²) in [6.45, 7) is 1.80. The van der Waals surface area contributed by atoms with Crippen LogP contribution in [0, 0.1) is 18.3 Å². The van der Waals surface area contributed by atoms with Crippen LogP contribution < -0.4 is 9.47 Å². The van der Waals surface area contributed by atoms with E-state index in [0.29, 0.717) is 39.3 Å². The second-order valence-corrected chi connectivity index (χ2v) is 6.31. The number of aryl methyl sites for hydroxylation is 2. The minimum absolute atomic E-state index is 0.211. The van der Waals surface area contributed by atoms with Crippen molar-refractivity contribution in [1.82, 2.24) is 14.8 Å². The van der Waals surface area contributed by atoms with Crippen molar-refractivity contribution in [2.75, 3.05) is 7.11 Å². The summed E-state index contributed by atoms with van der Waals surface area (Å²) in [4.78, 5) is 17.7. The lowest BCUT2D eigenvalue weighted by Crippen LogP contribution is -2.11. The van der Waals surface area contributed by atoms with Crippen LogP contribution in [0.2, 0.25) is 0 Å². The summed E-state index contributed by atoms with van der Waals surface area (Å²) >= 11 is 0. The van der Waals surface area contributed by atoms with E-state index in [1.165, 1.54) is 25.5 Å². The van der Waals surface area contributed by atoms with E-state index in [4.69, 9.17) is 19.2 Å². The van der Waals surface area contributed by atoms with Crippen LogP contribution in [0.25, 0.3) is 22.5 Å². The van der Waals surface area contributed by atoms with Gasteiger partial charge in [0.1, 0.15) is 5.69 Å². The summed E-state index contributed by atoms with van der Waals surface area (Å²) in [6.07, 6.45) is 1.54. The predicted molar refractivity (Wildman–Crippen MR) is 104 cm³/mol. The molecule has 0 unspecified atom stereocenters. The van der Waals surface area contributed by atoms with Gasteiger partial charge in [-0.3, -0.25) is 4.68 Å². The first-order valence-corrected chi connectivity index (χ1v) is 8.70. The van der Waals surface area contributed by atoms with Gasteiger partial charge in [-0.05, 0) is 37.3 Å². The molecule has 0 bridgehead atoms. The average Bonchev–Trinajstić information content (AvgIpc) is 3.36. The van der Waals surface area contributed by atoms with Crippen molar-refractivity contribution in [3.05, 3.63) is 59.5 Å². The van der Waals surface area contributed by atoms with Crippen LogP contribution in [-0.4, -0.2) is 27.8 Å². The minimum atomic E-state index is -0.593. The zero-order valence-corrected chi connectivity index (χ0v) is 16.0. The molecule has 0 saturated carbocycles. The number of aromatic nitrogens is 3. The highest BCUT2D eigenvalue weighted by atomic mass is 16.6. The van der Waals surface area contributed by atoms with Gasteiger partial charge in [0, 0.05) is 13.1 Å². The number of ether oxygens (including phenoxy) is 2. The van der Waals surface area contributed by atoms with Crippen molar-refractivity contribution in [2.24, 2.45) is 7.05 Å². The van der Waals surface area contributed by atoms with Crippen molar-refractivity contribution in [1.29, 1.82) is 5.26 Å². The Bertz CT molecular complexity index is 1270. The number of carbonyl (C=O) groups excluding carboxylic acids is 1. The van der Waals surface area contributed by atoms with Crippen LogP contribution in [0.4, 0.5) is 0 Å². The molecule has 0 aliphatic rings. The van der Waals surface area contributed by atoms with Gasteiger partial charge in [0.25, 0.3) is 0 Å². The molecule has 0 N–H and O–H groups in total. The summed E-state index contributed by atoms with van der Waals surface area (Å²) in [6, 6.07) is 11.7. The maximum Gasteiger partial charge on any atom is 0.344 e. The van der Waals surface area contributed by atoms with Crippen molar-refractivity contribution in [3.8, 4) is 29.0 Å². The number of nitriles is 1. The molecular weight excluding hydrogens is 372 g/mol. The van der Waals surface area contributed by atoms with Gasteiger partial charge in [0.05, 0.1) is 41.6 Å². The molecule has 3 aromatic heterocycles. The molecule has 29 heavy (non-hydrogen) atoms. The Hall–Kier alpha value is -4.12. The molecule has 0 fully saturated rings. The van der Waals surface area contributed by atoms with Crippen molar-refractivity contribution < 1.29 is 18.7 Å². The van der Waals surface area contributed by atoms with Crippen LogP contribution >= 0.6 is 0 Å². The molecule has 0 aliphatic heterocycles. The van der Waals surface area contributed by atoms with E-state index < -0.39 is 5.97 Å². The summed E-state index contributed by atoms with van der Waals surface area (Å²) in [7, 11) is 3.20. The Balaban J connectivity index is 1.83. The normalized spacial score (nSPS) is 10.7. The number of pyridine rings is 1. The minimum Gasteiger partial charge on any atom is -0.493 e. The molecule has 0 amide bonds. The topological polar surface area (TPSA) is 103 Å². The molecule has 0 radical (unpaired) electrons. The monoisotopic (exact) mass is 388 g/mol. The van der Waals surface area contributed by atoms with Gasteiger partial charge in [-0.15, -0.1) is 0 Å². The fraction of sp³-hybridized carbons (Fsp3) is 0.143. The van der Waals surface area contributed by atoms with Crippen LogP contribution in [-0.2, 0) is 7.05 Å². The zero-order valence-electron chi connectivity index (χ0n) is 16.0. The zero-order chi connectivity index (χ0) is 20.5. The van der Waals surface area contributed by atoms with Gasteiger partial charge in [-0.25, -0.2) is 9.78 Å². The maximum atomic E-state index is 13.1. The van der Waals surface area contributed by atoms with Gasteiger partial charge in [-0.1, -0.05) is 0 Å². The number of methoxy groups -OCH3 is 1. The fourth-order valence-electron chi connectivity index (χ4n) is 3.13. The number of hydrogen-bond acceptors (Lipinski definition) is 7. The van der Waals surface area contributed by atoms with Crippen molar-refractivity contribution in [3.63, 3.8) is 0 Å². The molecule has 3 heterocycles. The molecule has 8 heteroatoms. The van der Waals surface area contributed by atoms with Crippen LogP contribution in [0.3, 0.4) is 0 Å². The van der Waals surface area contributed by atoms with Crippen LogP contribution in [0.5, 0.6) is 11.5 Å². The molecule has 0 aliphatic carbocycles. The predicted octanol–water partition coefficient (Wildman–Crippen LogP) is 3.64. The largest absolute Gasteiger partial charge is 0.493 e. The van der Waals surface area contributed by atoms with Gasteiger partial charge < -0.3 is 13.9 Å². The van der Waals surface area contributed by atoms with Crippen molar-refractivity contribution in [2.45, 2.75) is 6.92 Å². The first-order chi connectivity index (χ1) is 14.0. The first-order valence-electron chi connectivity index (χ1n) is 8.70. The molecule has 144 valence electrons. The molecule has 0 saturated heterocycles. The number of nitrogens with zero attached hydrogens (tertiary/aromatic N) is 4. The molecule has 0 spiro atoms. The third-order valence-corrected chi connectivity index (χ3v) is 4.46. The summed E-state index contributed by atoms with van der Waals surface area (Å²) in [5.74, 6) is 0.430. The Kier molecular flexibility index (Phi) is 4.49. The average molecular weight is 388 g/mol. The van der Waals surface area contributed by atoms with E-state index in [0.717, 1.165) is 0 Å². The number of carbonyl (C=O) groups is 1. The number of rotatable bonds is 4. The highest BCUT2D eigenvalue weighted by Gasteiger charge is 2.22. The molecule has 1 aromatic carbocycles. The number of esters is 1. The number of benzene rings is 1. The third kappa shape index (κ3) is 3.19. The molecule has 0 atom stereocenters. The Labute approximate surface area is 165 Å². The lowest BCUT2D eigenvalue weighted by molar-refractivity contribution is 0.0731. The standard InChI is InChI=1S/C21H16N4O4/c1-12-19-14(21(26)29-17-7-6-13(11-22)9-18(17)27-3)10-15(16-5-4-8-28-16)23-20(19)25(2)24-12/h4-10H,1-3H3. The molecule has 8 nitrogen and oxygen atoms in total. The van der Waals surface area contributed by atoms with Gasteiger partial charge in [-0.2, -0.15) is 10.4 Å². The van der Waals surface area contributed by atoms with Crippen LogP contribution in [0.1, 0.15) is 21.6 Å². The summed E-state index contributed by atoms with van der Waals surface area (Å²) < 4.78 is 17.9. The Morgan fingerprint density at radius 2 is 2.07 bits per heavy atom. The highest BCUT2D eigenvalue weighted by Crippen LogP contribution is 2.31. The lowest BCUT2D eigenvalue weighted by atomic mass is 10.1. The second kappa shape index (κ2) is 7.13. The summed E-state index contributed by atoms with van der Waals surface area (Å²) in [5, 5.41) is 14.0. The smallest absolute Gasteiger partial charge is 0.344 e. The van der Waals surface area contributed by atoms with E-state index in [1.807, 2.05) is 6.07 Å². The van der Waals surface area contributed by atoms with Crippen LogP contribution in [0.15, 0.2) is 47.1 Å². The Morgan fingerprint density at radius 3 is 2.76 bits per heavy atom. The van der Waals surface area contributed by atoms with Gasteiger partial charge in [0.15, 0.2) is 22.9 Å². The van der Waals surface area contributed by atoms with E-state index in [1.54, 1.807) is 42.9 Å². The van der Waals surface area contributed by atoms with E-state index in [-0.39, 0.29) is 11.5 Å². The van der Waals surface area contributed by atoms with Gasteiger partial charge in [0.2, 0.25) is 0 Å². The summed E-state index contributed by atoms with van der Waals surface area (Å²) in [5.41, 5.74) is 2.38. The Morgan fingerprint density at radius 1 is 1.24 bits per heavy atom. The number of fused-ring (bicyclic) bond motifs is 1. The van der Waals surface area contributed by atoms with E-state index in [9.17, 15) is 4.79 Å². The van der Waals surface area contributed by atoms with Gasteiger partial charge >= 0.3 is 5.97 Å². The number of furan rings is 1. The quantitative estimate of drug-likeness (QED) is 0.388. The maximum absolute atomic E-state index is 13.1. The number of hydrogen-bond donors (Lipinski definition) is 0. The molecule has 4 rings (SSSR count). The van der Waals surface area contributed by atoms with E-state index in [2.05, 4.69) is 10.1 Å². The molecular formula is C21H16N4O4. The fourth-order valence-corrected chi connectivity index (χ4v) is 3.13. The SMILES string of the molecule is COc1cc(C#N)ccc1OC(=O)c1cc(-c2ccco2)nc2c1c(C)nn2C. The lowest BCUT2D eigenvalue weighted by Gasteiger charge is -2.11. The first kappa shape index (κ1) is 18.3. The van der Waals surface area contributed by atoms with E-state index >= 15 is 0 Å². The van der Waals surface area contributed by atoms with Crippen molar-refractivity contribution >= 4 is 17.0 Å². The molecule has 4 aromatic rings. The third-order valence-electron chi connectivity index (χ3n) is 4.46. The highest BCUT2D eigenvalue weighted by molar-refractivity contribution is 6.05. The second-order valence-electron chi connectivity index (χ2n) is 6.31.